The normalized spacial score (nSPS) is 33.0. The number of nitrogens with zero attached hydrogens (tertiary/aromatic N) is 1. The predicted octanol–water partition coefficient (Wildman–Crippen LogP) is 1.47. The fourth-order valence-corrected chi connectivity index (χ4v) is 1.60. The van der Waals surface area contributed by atoms with Gasteiger partial charge in [-0.3, -0.25) is 0 Å². The molecular formula is C9H12N2. The first-order chi connectivity index (χ1) is 5.42. The van der Waals surface area contributed by atoms with Gasteiger partial charge in [0, 0.05) is 11.6 Å². The number of hydrogen-bond donors (Lipinski definition) is 1. The van der Waals surface area contributed by atoms with Gasteiger partial charge in [0.2, 0.25) is 0 Å². The van der Waals surface area contributed by atoms with Gasteiger partial charge in [-0.15, -0.1) is 0 Å². The van der Waals surface area contributed by atoms with Crippen LogP contribution in [0.2, 0.25) is 0 Å². The molecule has 11 heavy (non-hydrogen) atoms. The smallest absolute Gasteiger partial charge is 0.0739 e. The minimum atomic E-state index is 0.426. The van der Waals surface area contributed by atoms with Crippen LogP contribution in [0.25, 0.3) is 0 Å². The third-order valence-electron chi connectivity index (χ3n) is 2.24. The summed E-state index contributed by atoms with van der Waals surface area (Å²) in [7, 11) is 0. The van der Waals surface area contributed by atoms with Crippen LogP contribution in [-0.2, 0) is 0 Å². The molecule has 1 heterocycles. The van der Waals surface area contributed by atoms with E-state index >= 15 is 0 Å². The second-order valence-electron chi connectivity index (χ2n) is 2.91. The maximum atomic E-state index is 4.26. The zero-order valence-electron chi connectivity index (χ0n) is 6.62. The van der Waals surface area contributed by atoms with Crippen LogP contribution in [0.15, 0.2) is 29.4 Å². The van der Waals surface area contributed by atoms with Gasteiger partial charge in [0.25, 0.3) is 0 Å². The quantitative estimate of drug-likeness (QED) is 0.598. The molecule has 0 saturated carbocycles. The molecule has 0 spiro atoms. The third kappa shape index (κ3) is 0.985. The maximum Gasteiger partial charge on any atom is 0.0739 e. The first-order valence-corrected chi connectivity index (χ1v) is 4.09. The number of hydrogen-bond acceptors (Lipinski definition) is 2. The summed E-state index contributed by atoms with van der Waals surface area (Å²) in [4.78, 5) is 0. The number of hydrazone groups is 1. The number of nitrogens with one attached hydrogen (secondary N) is 1. The standard InChI is InChI=1S/C9H12N2/c1-2-8-7-5-3-4-6-9(7)11-10-8/h3-7,9,11H,2H2,1H3. The molecule has 1 N–H and O–H groups in total. The monoisotopic (exact) mass is 148 g/mol. The van der Waals surface area contributed by atoms with Crippen molar-refractivity contribution in [1.29, 1.82) is 0 Å². The summed E-state index contributed by atoms with van der Waals surface area (Å²) in [5.41, 5.74) is 4.38. The Bertz CT molecular complexity index is 238. The largest absolute Gasteiger partial charge is 0.302 e. The van der Waals surface area contributed by atoms with E-state index in [1.54, 1.807) is 0 Å². The maximum absolute atomic E-state index is 4.26. The van der Waals surface area contributed by atoms with Crippen molar-refractivity contribution in [3.63, 3.8) is 0 Å². The molecule has 2 nitrogen and oxygen atoms in total. The first kappa shape index (κ1) is 6.65. The zero-order valence-corrected chi connectivity index (χ0v) is 6.62. The van der Waals surface area contributed by atoms with Crippen molar-refractivity contribution in [1.82, 2.24) is 5.43 Å². The highest BCUT2D eigenvalue weighted by atomic mass is 15.3. The molecule has 0 radical (unpaired) electrons. The zero-order chi connectivity index (χ0) is 7.68. The van der Waals surface area contributed by atoms with E-state index in [2.05, 4.69) is 41.8 Å². The Labute approximate surface area is 66.7 Å². The van der Waals surface area contributed by atoms with Crippen molar-refractivity contribution in [2.75, 3.05) is 0 Å². The van der Waals surface area contributed by atoms with E-state index in [4.69, 9.17) is 0 Å². The van der Waals surface area contributed by atoms with E-state index in [-0.39, 0.29) is 0 Å². The molecule has 2 rings (SSSR count). The Morgan fingerprint density at radius 1 is 1.45 bits per heavy atom. The van der Waals surface area contributed by atoms with Crippen molar-refractivity contribution < 1.29 is 0 Å². The van der Waals surface area contributed by atoms with Crippen molar-refractivity contribution in [2.45, 2.75) is 19.4 Å². The summed E-state index contributed by atoms with van der Waals surface area (Å²) >= 11 is 0. The van der Waals surface area contributed by atoms with Gasteiger partial charge < -0.3 is 5.43 Å². The minimum absolute atomic E-state index is 0.426. The molecule has 58 valence electrons. The van der Waals surface area contributed by atoms with Gasteiger partial charge in [0.1, 0.15) is 0 Å². The SMILES string of the molecule is CCC1=NNC2C=CC=CC12. The highest BCUT2D eigenvalue weighted by Crippen LogP contribution is 2.20. The fourth-order valence-electron chi connectivity index (χ4n) is 1.60. The molecule has 2 aliphatic rings. The van der Waals surface area contributed by atoms with E-state index < -0.39 is 0 Å². The average molecular weight is 148 g/mol. The molecule has 2 unspecified atom stereocenters. The van der Waals surface area contributed by atoms with Crippen LogP contribution in [0.3, 0.4) is 0 Å². The van der Waals surface area contributed by atoms with Crippen LogP contribution >= 0.6 is 0 Å². The lowest BCUT2D eigenvalue weighted by Crippen LogP contribution is -2.27. The summed E-state index contributed by atoms with van der Waals surface area (Å²) in [6.45, 7) is 2.15. The Hall–Kier alpha value is -1.05. The van der Waals surface area contributed by atoms with Crippen LogP contribution in [-0.4, -0.2) is 11.8 Å². The molecule has 0 aromatic rings. The summed E-state index contributed by atoms with van der Waals surface area (Å²) in [5.74, 6) is 0.519. The van der Waals surface area contributed by atoms with Gasteiger partial charge in [0.15, 0.2) is 0 Å². The molecule has 0 aromatic heterocycles. The first-order valence-electron chi connectivity index (χ1n) is 4.09. The molecule has 2 heteroatoms. The Morgan fingerprint density at radius 2 is 2.27 bits per heavy atom. The molecular weight excluding hydrogens is 136 g/mol. The highest BCUT2D eigenvalue weighted by Gasteiger charge is 2.26. The molecule has 0 saturated heterocycles. The van der Waals surface area contributed by atoms with Crippen molar-refractivity contribution in [3.05, 3.63) is 24.3 Å². The van der Waals surface area contributed by atoms with E-state index in [0.29, 0.717) is 12.0 Å². The summed E-state index contributed by atoms with van der Waals surface area (Å²) < 4.78 is 0. The fraction of sp³-hybridized carbons (Fsp3) is 0.444. The topological polar surface area (TPSA) is 24.4 Å². The van der Waals surface area contributed by atoms with Crippen molar-refractivity contribution in [3.8, 4) is 0 Å². The van der Waals surface area contributed by atoms with E-state index in [9.17, 15) is 0 Å². The van der Waals surface area contributed by atoms with Crippen molar-refractivity contribution in [2.24, 2.45) is 11.0 Å². The Morgan fingerprint density at radius 3 is 3.09 bits per heavy atom. The number of allylic oxidation sites excluding steroid dienone is 2. The third-order valence-corrected chi connectivity index (χ3v) is 2.24. The van der Waals surface area contributed by atoms with E-state index in [1.807, 2.05) is 0 Å². The molecule has 1 aliphatic carbocycles. The summed E-state index contributed by atoms with van der Waals surface area (Å²) in [6, 6.07) is 0.426. The second-order valence-corrected chi connectivity index (χ2v) is 2.91. The molecule has 0 aromatic carbocycles. The van der Waals surface area contributed by atoms with Crippen LogP contribution < -0.4 is 5.43 Å². The van der Waals surface area contributed by atoms with Crippen molar-refractivity contribution >= 4 is 5.71 Å². The lowest BCUT2D eigenvalue weighted by molar-refractivity contribution is 0.619. The second kappa shape index (κ2) is 2.53. The van der Waals surface area contributed by atoms with E-state index in [0.717, 1.165) is 6.42 Å². The van der Waals surface area contributed by atoms with Crippen LogP contribution in [0.1, 0.15) is 13.3 Å². The molecule has 0 amide bonds. The number of fused-ring (bicyclic) bond motifs is 1. The van der Waals surface area contributed by atoms with Gasteiger partial charge in [-0.2, -0.15) is 5.10 Å². The van der Waals surface area contributed by atoms with E-state index in [1.165, 1.54) is 5.71 Å². The van der Waals surface area contributed by atoms with Gasteiger partial charge in [-0.25, -0.2) is 0 Å². The van der Waals surface area contributed by atoms with Gasteiger partial charge in [-0.1, -0.05) is 31.2 Å². The van der Waals surface area contributed by atoms with Crippen LogP contribution in [0.5, 0.6) is 0 Å². The predicted molar refractivity (Wildman–Crippen MR) is 46.4 cm³/mol. The van der Waals surface area contributed by atoms with Gasteiger partial charge >= 0.3 is 0 Å². The molecule has 0 fully saturated rings. The highest BCUT2D eigenvalue weighted by molar-refractivity contribution is 5.90. The molecule has 2 atom stereocenters. The number of rotatable bonds is 1. The van der Waals surface area contributed by atoms with Crippen LogP contribution in [0.4, 0.5) is 0 Å². The average Bonchev–Trinajstić information content (AvgIpc) is 2.47. The molecule has 0 bridgehead atoms. The Balaban J connectivity index is 2.20. The lowest BCUT2D eigenvalue weighted by Gasteiger charge is -2.15. The summed E-state index contributed by atoms with van der Waals surface area (Å²) in [5, 5.41) is 4.26. The van der Waals surface area contributed by atoms with Gasteiger partial charge in [0.05, 0.1) is 6.04 Å². The van der Waals surface area contributed by atoms with Gasteiger partial charge in [-0.05, 0) is 6.42 Å². The summed E-state index contributed by atoms with van der Waals surface area (Å²) in [6.07, 6.45) is 9.60. The Kier molecular flexibility index (Phi) is 1.53. The minimum Gasteiger partial charge on any atom is -0.302 e. The van der Waals surface area contributed by atoms with Crippen LogP contribution in [0, 0.1) is 5.92 Å². The lowest BCUT2D eigenvalue weighted by atomic mass is 9.91. The molecule has 1 aliphatic heterocycles.